The molecule has 3 aromatic carbocycles. The molecule has 0 bridgehead atoms. The van der Waals surface area contributed by atoms with Crippen LogP contribution in [-0.4, -0.2) is 19.1 Å². The molecule has 30 heavy (non-hydrogen) atoms. The van der Waals surface area contributed by atoms with Gasteiger partial charge in [0.1, 0.15) is 11.3 Å². The SMILES string of the molecule is COc1cccc2c(=O)c3ccc(NC(=O)C(C)Oc4ccccc4Cl)cc3oc12. The zero-order valence-corrected chi connectivity index (χ0v) is 17.0. The van der Waals surface area contributed by atoms with E-state index in [2.05, 4.69) is 5.32 Å². The highest BCUT2D eigenvalue weighted by molar-refractivity contribution is 6.32. The number of carbonyl (C=O) groups excluding carboxylic acids is 1. The third-order valence-corrected chi connectivity index (χ3v) is 4.97. The van der Waals surface area contributed by atoms with Crippen LogP contribution in [0.1, 0.15) is 6.92 Å². The monoisotopic (exact) mass is 423 g/mol. The standard InChI is InChI=1S/C23H18ClNO5/c1-13(29-18-8-4-3-7-17(18)24)23(27)25-14-10-11-15-20(12-14)30-22-16(21(15)26)6-5-9-19(22)28-2/h3-13H,1-2H3,(H,25,27). The van der Waals surface area contributed by atoms with E-state index >= 15 is 0 Å². The van der Waals surface area contributed by atoms with Crippen molar-refractivity contribution in [2.45, 2.75) is 13.0 Å². The summed E-state index contributed by atoms with van der Waals surface area (Å²) in [5.41, 5.74) is 1.00. The lowest BCUT2D eigenvalue weighted by Crippen LogP contribution is -2.30. The Labute approximate surface area is 177 Å². The molecular formula is C23H18ClNO5. The van der Waals surface area contributed by atoms with E-state index in [0.29, 0.717) is 44.1 Å². The quantitative estimate of drug-likeness (QED) is 0.456. The third kappa shape index (κ3) is 3.69. The summed E-state index contributed by atoms with van der Waals surface area (Å²) in [7, 11) is 1.51. The van der Waals surface area contributed by atoms with E-state index in [9.17, 15) is 9.59 Å². The van der Waals surface area contributed by atoms with Crippen molar-refractivity contribution >= 4 is 45.1 Å². The van der Waals surface area contributed by atoms with Crippen molar-refractivity contribution in [1.82, 2.24) is 0 Å². The van der Waals surface area contributed by atoms with Crippen LogP contribution in [-0.2, 0) is 4.79 Å². The summed E-state index contributed by atoms with van der Waals surface area (Å²) in [5, 5.41) is 4.03. The number of fused-ring (bicyclic) bond motifs is 2. The number of rotatable bonds is 5. The zero-order chi connectivity index (χ0) is 21.3. The first kappa shape index (κ1) is 19.8. The summed E-state index contributed by atoms with van der Waals surface area (Å²) >= 11 is 6.08. The van der Waals surface area contributed by atoms with Crippen LogP contribution in [0.2, 0.25) is 5.02 Å². The minimum absolute atomic E-state index is 0.168. The normalized spacial score (nSPS) is 12.0. The lowest BCUT2D eigenvalue weighted by atomic mass is 10.1. The van der Waals surface area contributed by atoms with Crippen molar-refractivity contribution in [3.8, 4) is 11.5 Å². The van der Waals surface area contributed by atoms with Gasteiger partial charge in [-0.05, 0) is 43.3 Å². The van der Waals surface area contributed by atoms with Gasteiger partial charge in [0, 0.05) is 11.8 Å². The van der Waals surface area contributed by atoms with Gasteiger partial charge in [-0.1, -0.05) is 29.8 Å². The predicted octanol–water partition coefficient (Wildman–Crippen LogP) is 5.01. The number of ether oxygens (including phenoxy) is 2. The first-order chi connectivity index (χ1) is 14.5. The Hall–Kier alpha value is -3.51. The average Bonchev–Trinajstić information content (AvgIpc) is 2.75. The number of hydrogen-bond acceptors (Lipinski definition) is 5. The Morgan fingerprint density at radius 3 is 2.57 bits per heavy atom. The van der Waals surface area contributed by atoms with Crippen LogP contribution in [0.3, 0.4) is 0 Å². The number of nitrogens with one attached hydrogen (secondary N) is 1. The molecule has 0 aliphatic heterocycles. The molecule has 4 aromatic rings. The van der Waals surface area contributed by atoms with Gasteiger partial charge in [-0.15, -0.1) is 0 Å². The highest BCUT2D eigenvalue weighted by atomic mass is 35.5. The van der Waals surface area contributed by atoms with Crippen LogP contribution in [0.25, 0.3) is 21.9 Å². The number of carbonyl (C=O) groups is 1. The van der Waals surface area contributed by atoms with Crippen molar-refractivity contribution < 1.29 is 18.7 Å². The smallest absolute Gasteiger partial charge is 0.265 e. The minimum atomic E-state index is -0.788. The largest absolute Gasteiger partial charge is 0.493 e. The molecule has 1 heterocycles. The van der Waals surface area contributed by atoms with E-state index in [0.717, 1.165) is 0 Å². The van der Waals surface area contributed by atoms with Crippen molar-refractivity contribution in [3.63, 3.8) is 0 Å². The van der Waals surface area contributed by atoms with Crippen LogP contribution in [0.5, 0.6) is 11.5 Å². The first-order valence-electron chi connectivity index (χ1n) is 9.23. The zero-order valence-electron chi connectivity index (χ0n) is 16.3. The Balaban J connectivity index is 1.63. The lowest BCUT2D eigenvalue weighted by Gasteiger charge is -2.15. The maximum atomic E-state index is 12.8. The summed E-state index contributed by atoms with van der Waals surface area (Å²) in [6.45, 7) is 1.62. The van der Waals surface area contributed by atoms with Gasteiger partial charge in [0.05, 0.1) is 22.9 Å². The summed E-state index contributed by atoms with van der Waals surface area (Å²) in [6.07, 6.45) is -0.788. The third-order valence-electron chi connectivity index (χ3n) is 4.66. The summed E-state index contributed by atoms with van der Waals surface area (Å²) in [6, 6.07) is 16.9. The number of amides is 1. The fourth-order valence-electron chi connectivity index (χ4n) is 3.12. The second-order valence-corrected chi connectivity index (χ2v) is 7.07. The van der Waals surface area contributed by atoms with Crippen molar-refractivity contribution in [2.24, 2.45) is 0 Å². The second kappa shape index (κ2) is 8.08. The Morgan fingerprint density at radius 2 is 1.80 bits per heavy atom. The van der Waals surface area contributed by atoms with Crippen LogP contribution < -0.4 is 20.2 Å². The summed E-state index contributed by atoms with van der Waals surface area (Å²) in [5.74, 6) is 0.516. The highest BCUT2D eigenvalue weighted by Gasteiger charge is 2.17. The van der Waals surface area contributed by atoms with Gasteiger partial charge in [-0.3, -0.25) is 9.59 Å². The van der Waals surface area contributed by atoms with Crippen LogP contribution in [0.4, 0.5) is 5.69 Å². The molecule has 1 atom stereocenters. The van der Waals surface area contributed by atoms with Gasteiger partial charge >= 0.3 is 0 Å². The van der Waals surface area contributed by atoms with Gasteiger partial charge in [0.15, 0.2) is 17.4 Å². The molecule has 0 saturated carbocycles. The van der Waals surface area contributed by atoms with E-state index in [1.165, 1.54) is 7.11 Å². The number of hydrogen-bond donors (Lipinski definition) is 1. The highest BCUT2D eigenvalue weighted by Crippen LogP contribution is 2.28. The van der Waals surface area contributed by atoms with Gasteiger partial charge < -0.3 is 19.2 Å². The van der Waals surface area contributed by atoms with Crippen molar-refractivity contribution in [1.29, 1.82) is 0 Å². The first-order valence-corrected chi connectivity index (χ1v) is 9.61. The minimum Gasteiger partial charge on any atom is -0.493 e. The topological polar surface area (TPSA) is 77.8 Å². The van der Waals surface area contributed by atoms with Crippen molar-refractivity contribution in [2.75, 3.05) is 12.4 Å². The average molecular weight is 424 g/mol. The van der Waals surface area contributed by atoms with Gasteiger partial charge in [0.25, 0.3) is 5.91 Å². The molecule has 1 unspecified atom stereocenters. The molecule has 152 valence electrons. The van der Waals surface area contributed by atoms with Crippen LogP contribution in [0, 0.1) is 0 Å². The van der Waals surface area contributed by atoms with Crippen molar-refractivity contribution in [3.05, 3.63) is 75.9 Å². The van der Waals surface area contributed by atoms with Crippen LogP contribution >= 0.6 is 11.6 Å². The molecule has 1 aromatic heterocycles. The lowest BCUT2D eigenvalue weighted by molar-refractivity contribution is -0.122. The molecular weight excluding hydrogens is 406 g/mol. The fraction of sp³-hybridized carbons (Fsp3) is 0.130. The Morgan fingerprint density at radius 1 is 1.03 bits per heavy atom. The number of para-hydroxylation sites is 2. The van der Waals surface area contributed by atoms with Gasteiger partial charge in [0.2, 0.25) is 5.43 Å². The van der Waals surface area contributed by atoms with E-state index in [1.54, 1.807) is 67.6 Å². The fourth-order valence-corrected chi connectivity index (χ4v) is 3.30. The van der Waals surface area contributed by atoms with E-state index < -0.39 is 6.10 Å². The van der Waals surface area contributed by atoms with Gasteiger partial charge in [-0.25, -0.2) is 0 Å². The van der Waals surface area contributed by atoms with E-state index in [4.69, 9.17) is 25.5 Å². The predicted molar refractivity (Wildman–Crippen MR) is 117 cm³/mol. The molecule has 0 aliphatic carbocycles. The maximum Gasteiger partial charge on any atom is 0.265 e. The Bertz CT molecular complexity index is 1310. The Kier molecular flexibility index (Phi) is 5.33. The molecule has 0 spiro atoms. The molecule has 1 amide bonds. The molecule has 0 fully saturated rings. The maximum absolute atomic E-state index is 12.8. The molecule has 4 rings (SSSR count). The molecule has 6 nitrogen and oxygen atoms in total. The molecule has 0 aliphatic rings. The number of anilines is 1. The second-order valence-electron chi connectivity index (χ2n) is 6.66. The summed E-state index contributed by atoms with van der Waals surface area (Å²) < 4.78 is 16.9. The van der Waals surface area contributed by atoms with E-state index in [-0.39, 0.29) is 11.3 Å². The molecule has 0 radical (unpaired) electrons. The van der Waals surface area contributed by atoms with Gasteiger partial charge in [-0.2, -0.15) is 0 Å². The number of halogens is 1. The molecule has 0 saturated heterocycles. The van der Waals surface area contributed by atoms with Crippen LogP contribution in [0.15, 0.2) is 69.9 Å². The number of benzene rings is 3. The van der Waals surface area contributed by atoms with E-state index in [1.807, 2.05) is 0 Å². The summed E-state index contributed by atoms with van der Waals surface area (Å²) in [4.78, 5) is 25.3. The number of methoxy groups -OCH3 is 1. The molecule has 7 heteroatoms. The molecule has 1 N–H and O–H groups in total.